The molecule has 0 radical (unpaired) electrons. The molecule has 218 valence electrons. The molecule has 0 atom stereocenters. The normalized spacial score (nSPS) is 11.4. The van der Waals surface area contributed by atoms with Crippen LogP contribution in [0.5, 0.6) is 0 Å². The zero-order valence-corrected chi connectivity index (χ0v) is 24.4. The van der Waals surface area contributed by atoms with Gasteiger partial charge < -0.3 is 10.4 Å². The third-order valence-corrected chi connectivity index (χ3v) is 7.55. The second-order valence-corrected chi connectivity index (χ2v) is 10.9. The zero-order valence-electron chi connectivity index (χ0n) is 22.9. The number of Topliss-reactive ketones (excluding diaryl/α,β-unsaturated/α-hetero) is 1. The molecule has 2 N–H and O–H groups in total. The molecular weight excluding hydrogens is 586 g/mol. The number of alkyl halides is 3. The van der Waals surface area contributed by atoms with Crippen LogP contribution >= 0.6 is 23.2 Å². The number of benzene rings is 4. The number of carboxylic acid groups (broad SMARTS) is 1. The summed E-state index contributed by atoms with van der Waals surface area (Å²) >= 11 is 12.7. The van der Waals surface area contributed by atoms with Gasteiger partial charge in [0, 0.05) is 41.2 Å². The lowest BCUT2D eigenvalue weighted by Crippen LogP contribution is -2.08. The number of hydrogen-bond donors (Lipinski definition) is 2. The predicted molar refractivity (Wildman–Crippen MR) is 161 cm³/mol. The van der Waals surface area contributed by atoms with E-state index >= 15 is 0 Å². The van der Waals surface area contributed by atoms with Gasteiger partial charge >= 0.3 is 12.1 Å². The van der Waals surface area contributed by atoms with Crippen LogP contribution in [0.25, 0.3) is 22.3 Å². The summed E-state index contributed by atoms with van der Waals surface area (Å²) in [5, 5.41) is 13.2. The maximum Gasteiger partial charge on any atom is 0.416 e. The van der Waals surface area contributed by atoms with Gasteiger partial charge in [0.05, 0.1) is 10.6 Å². The van der Waals surface area contributed by atoms with Gasteiger partial charge in [0.2, 0.25) is 0 Å². The Balaban J connectivity index is 1.61. The molecule has 0 aliphatic heterocycles. The maximum atomic E-state index is 13.7. The van der Waals surface area contributed by atoms with E-state index in [1.54, 1.807) is 37.3 Å². The van der Waals surface area contributed by atoms with Gasteiger partial charge in [0.25, 0.3) is 0 Å². The van der Waals surface area contributed by atoms with E-state index in [-0.39, 0.29) is 31.6 Å². The SMILES string of the molecule is Cc1cc(Cl)ccc1-c1ccc(NCc2ccc(C(F)(F)F)cc2-c2ccc(C(=O)CCCC(=O)O)cc2C)cc1Cl. The molecule has 0 saturated carbocycles. The first kappa shape index (κ1) is 31.1. The molecule has 42 heavy (non-hydrogen) atoms. The fourth-order valence-electron chi connectivity index (χ4n) is 4.81. The lowest BCUT2D eigenvalue weighted by molar-refractivity contribution is -0.138. The molecule has 4 aromatic carbocycles. The molecule has 0 unspecified atom stereocenters. The number of hydrogen-bond acceptors (Lipinski definition) is 3. The van der Waals surface area contributed by atoms with E-state index in [1.807, 2.05) is 31.2 Å². The van der Waals surface area contributed by atoms with E-state index in [2.05, 4.69) is 5.32 Å². The number of ketones is 1. The summed E-state index contributed by atoms with van der Waals surface area (Å²) in [5.41, 5.74) is 5.26. The average molecular weight is 614 g/mol. The van der Waals surface area contributed by atoms with Crippen LogP contribution in [0, 0.1) is 13.8 Å². The smallest absolute Gasteiger partial charge is 0.416 e. The number of nitrogens with one attached hydrogen (secondary N) is 1. The van der Waals surface area contributed by atoms with Crippen molar-refractivity contribution in [2.24, 2.45) is 0 Å². The van der Waals surface area contributed by atoms with Gasteiger partial charge in [-0.2, -0.15) is 13.2 Å². The van der Waals surface area contributed by atoms with Crippen LogP contribution < -0.4 is 5.32 Å². The summed E-state index contributed by atoms with van der Waals surface area (Å²) in [4.78, 5) is 23.3. The standard InChI is InChI=1S/C33H28Cl2F3NO3/c1-19-14-21(31(40)4-3-5-32(41)42)7-11-27(19)29-16-23(33(36,37)38)8-6-22(29)18-39-25-10-13-28(30(35)17-25)26-12-9-24(34)15-20(26)2/h6-17,39H,3-5,18H2,1-2H3,(H,41,42). The summed E-state index contributed by atoms with van der Waals surface area (Å²) in [7, 11) is 0. The number of aryl methyl sites for hydroxylation is 2. The monoisotopic (exact) mass is 613 g/mol. The van der Waals surface area contributed by atoms with Crippen LogP contribution in [0.4, 0.5) is 18.9 Å². The zero-order chi connectivity index (χ0) is 30.6. The molecule has 4 nitrogen and oxygen atoms in total. The van der Waals surface area contributed by atoms with Crippen LogP contribution in [0.1, 0.15) is 51.9 Å². The highest BCUT2D eigenvalue weighted by atomic mass is 35.5. The van der Waals surface area contributed by atoms with Crippen LogP contribution in [0.2, 0.25) is 10.0 Å². The quantitative estimate of drug-likeness (QED) is 0.175. The maximum absolute atomic E-state index is 13.7. The fourth-order valence-corrected chi connectivity index (χ4v) is 5.32. The first-order valence-corrected chi connectivity index (χ1v) is 13.9. The van der Waals surface area contributed by atoms with E-state index in [0.29, 0.717) is 43.5 Å². The van der Waals surface area contributed by atoms with Crippen molar-refractivity contribution in [2.75, 3.05) is 5.32 Å². The summed E-state index contributed by atoms with van der Waals surface area (Å²) in [6.07, 6.45) is -4.36. The van der Waals surface area contributed by atoms with Crippen molar-refractivity contribution in [1.29, 1.82) is 0 Å². The second-order valence-electron chi connectivity index (χ2n) is 10.1. The highest BCUT2D eigenvalue weighted by Gasteiger charge is 2.31. The van der Waals surface area contributed by atoms with E-state index in [9.17, 15) is 22.8 Å². The van der Waals surface area contributed by atoms with Crippen molar-refractivity contribution in [3.05, 3.63) is 111 Å². The van der Waals surface area contributed by atoms with Gasteiger partial charge in [0.15, 0.2) is 5.78 Å². The number of carboxylic acids is 1. The molecule has 0 saturated heterocycles. The van der Waals surface area contributed by atoms with Crippen molar-refractivity contribution < 1.29 is 27.9 Å². The van der Waals surface area contributed by atoms with Gasteiger partial charge in [-0.3, -0.25) is 9.59 Å². The van der Waals surface area contributed by atoms with Crippen molar-refractivity contribution in [3.8, 4) is 22.3 Å². The Morgan fingerprint density at radius 1 is 0.786 bits per heavy atom. The largest absolute Gasteiger partial charge is 0.481 e. The Morgan fingerprint density at radius 2 is 1.45 bits per heavy atom. The van der Waals surface area contributed by atoms with Crippen molar-refractivity contribution in [2.45, 2.75) is 45.8 Å². The molecule has 4 rings (SSSR count). The van der Waals surface area contributed by atoms with Crippen molar-refractivity contribution in [3.63, 3.8) is 0 Å². The summed E-state index contributed by atoms with van der Waals surface area (Å²) in [6, 6.07) is 19.5. The van der Waals surface area contributed by atoms with E-state index in [0.717, 1.165) is 28.8 Å². The number of anilines is 1. The molecule has 0 bridgehead atoms. The van der Waals surface area contributed by atoms with Gasteiger partial charge in [-0.25, -0.2) is 0 Å². The summed E-state index contributed by atoms with van der Waals surface area (Å²) < 4.78 is 41.0. The molecule has 0 heterocycles. The minimum atomic E-state index is -4.53. The Morgan fingerprint density at radius 3 is 2.10 bits per heavy atom. The molecule has 0 spiro atoms. The number of carbonyl (C=O) groups is 2. The van der Waals surface area contributed by atoms with Crippen LogP contribution in [0.15, 0.2) is 72.8 Å². The summed E-state index contributed by atoms with van der Waals surface area (Å²) in [5.74, 6) is -1.19. The fraction of sp³-hybridized carbons (Fsp3) is 0.212. The second kappa shape index (κ2) is 13.0. The lowest BCUT2D eigenvalue weighted by Gasteiger charge is -2.18. The highest BCUT2D eigenvalue weighted by molar-refractivity contribution is 6.34. The first-order valence-electron chi connectivity index (χ1n) is 13.2. The van der Waals surface area contributed by atoms with Gasteiger partial charge in [-0.1, -0.05) is 53.5 Å². The van der Waals surface area contributed by atoms with Crippen molar-refractivity contribution in [1.82, 2.24) is 0 Å². The van der Waals surface area contributed by atoms with Crippen LogP contribution in [0.3, 0.4) is 0 Å². The van der Waals surface area contributed by atoms with Gasteiger partial charge in [0.1, 0.15) is 0 Å². The minimum Gasteiger partial charge on any atom is -0.481 e. The van der Waals surface area contributed by atoms with Crippen molar-refractivity contribution >= 4 is 40.6 Å². The molecule has 0 aliphatic rings. The van der Waals surface area contributed by atoms with E-state index in [4.69, 9.17) is 28.3 Å². The van der Waals surface area contributed by atoms with E-state index < -0.39 is 17.7 Å². The lowest BCUT2D eigenvalue weighted by atomic mass is 9.91. The number of carbonyl (C=O) groups excluding carboxylic acids is 1. The average Bonchev–Trinajstić information content (AvgIpc) is 2.91. The molecule has 0 fully saturated rings. The van der Waals surface area contributed by atoms with Gasteiger partial charge in [-0.05, 0) is 96.1 Å². The Hall–Kier alpha value is -3.81. The molecule has 0 aromatic heterocycles. The van der Waals surface area contributed by atoms with Gasteiger partial charge in [-0.15, -0.1) is 0 Å². The molecular formula is C33H28Cl2F3NO3. The topological polar surface area (TPSA) is 66.4 Å². The third-order valence-electron chi connectivity index (χ3n) is 7.00. The number of aliphatic carboxylic acids is 1. The number of rotatable bonds is 10. The molecule has 4 aromatic rings. The van der Waals surface area contributed by atoms with Crippen LogP contribution in [-0.4, -0.2) is 16.9 Å². The third kappa shape index (κ3) is 7.52. The predicted octanol–water partition coefficient (Wildman–Crippen LogP) is 10.0. The van der Waals surface area contributed by atoms with E-state index in [1.165, 1.54) is 6.07 Å². The molecule has 0 aliphatic carbocycles. The van der Waals surface area contributed by atoms with Crippen LogP contribution in [-0.2, 0) is 17.5 Å². The Labute approximate surface area is 252 Å². The first-order chi connectivity index (χ1) is 19.8. The highest BCUT2D eigenvalue weighted by Crippen LogP contribution is 2.37. The Bertz CT molecular complexity index is 1650. The molecule has 0 amide bonds. The Kier molecular flexibility index (Phi) is 9.64. The molecule has 9 heteroatoms. The summed E-state index contributed by atoms with van der Waals surface area (Å²) in [6.45, 7) is 3.90. The minimum absolute atomic E-state index is 0.0722. The number of halogens is 5.